The SMILES string of the molecule is CCCCCC(=O)Nc1ccc(Sc2nc(C)cc(C)n2)cc1. The van der Waals surface area contributed by atoms with Gasteiger partial charge in [0, 0.05) is 28.4 Å². The average molecular weight is 329 g/mol. The van der Waals surface area contributed by atoms with Crippen LogP contribution in [0.15, 0.2) is 40.4 Å². The number of benzene rings is 1. The fourth-order valence-corrected chi connectivity index (χ4v) is 3.07. The van der Waals surface area contributed by atoms with E-state index in [1.165, 1.54) is 11.8 Å². The predicted molar refractivity (Wildman–Crippen MR) is 94.8 cm³/mol. The third kappa shape index (κ3) is 6.02. The smallest absolute Gasteiger partial charge is 0.224 e. The van der Waals surface area contributed by atoms with Crippen LogP contribution in [0.1, 0.15) is 44.0 Å². The lowest BCUT2D eigenvalue weighted by molar-refractivity contribution is -0.116. The highest BCUT2D eigenvalue weighted by atomic mass is 32.2. The Morgan fingerprint density at radius 2 is 1.74 bits per heavy atom. The first-order valence-electron chi connectivity index (χ1n) is 7.97. The summed E-state index contributed by atoms with van der Waals surface area (Å²) in [5.41, 5.74) is 2.77. The van der Waals surface area contributed by atoms with Crippen molar-refractivity contribution in [2.75, 3.05) is 5.32 Å². The van der Waals surface area contributed by atoms with Crippen LogP contribution >= 0.6 is 11.8 Å². The molecular formula is C18H23N3OS. The van der Waals surface area contributed by atoms with Gasteiger partial charge in [0.2, 0.25) is 5.91 Å². The van der Waals surface area contributed by atoms with E-state index in [1.54, 1.807) is 0 Å². The van der Waals surface area contributed by atoms with Gasteiger partial charge in [0.05, 0.1) is 0 Å². The summed E-state index contributed by atoms with van der Waals surface area (Å²) in [7, 11) is 0. The van der Waals surface area contributed by atoms with Crippen LogP contribution < -0.4 is 5.32 Å². The number of aryl methyl sites for hydroxylation is 2. The molecule has 2 aromatic rings. The van der Waals surface area contributed by atoms with Gasteiger partial charge in [-0.1, -0.05) is 19.8 Å². The lowest BCUT2D eigenvalue weighted by Crippen LogP contribution is -2.10. The summed E-state index contributed by atoms with van der Waals surface area (Å²) >= 11 is 1.53. The zero-order chi connectivity index (χ0) is 16.7. The first-order valence-corrected chi connectivity index (χ1v) is 8.78. The van der Waals surface area contributed by atoms with Crippen molar-refractivity contribution >= 4 is 23.4 Å². The lowest BCUT2D eigenvalue weighted by atomic mass is 10.2. The monoisotopic (exact) mass is 329 g/mol. The Hall–Kier alpha value is -1.88. The first-order chi connectivity index (χ1) is 11.1. The summed E-state index contributed by atoms with van der Waals surface area (Å²) in [6.45, 7) is 6.07. The predicted octanol–water partition coefficient (Wildman–Crippen LogP) is 4.76. The number of carbonyl (C=O) groups excluding carboxylic acids is 1. The molecule has 5 heteroatoms. The topological polar surface area (TPSA) is 54.9 Å². The average Bonchev–Trinajstić information content (AvgIpc) is 2.48. The molecule has 0 saturated carbocycles. The highest BCUT2D eigenvalue weighted by Crippen LogP contribution is 2.26. The molecule has 1 heterocycles. The van der Waals surface area contributed by atoms with Crippen LogP contribution in [0.5, 0.6) is 0 Å². The van der Waals surface area contributed by atoms with Gasteiger partial charge in [-0.3, -0.25) is 4.79 Å². The van der Waals surface area contributed by atoms with Crippen LogP contribution in [0.2, 0.25) is 0 Å². The number of unbranched alkanes of at least 4 members (excludes halogenated alkanes) is 2. The van der Waals surface area contributed by atoms with Crippen molar-refractivity contribution in [3.05, 3.63) is 41.7 Å². The third-order valence-corrected chi connectivity index (χ3v) is 4.19. The van der Waals surface area contributed by atoms with Gasteiger partial charge in [0.25, 0.3) is 0 Å². The molecule has 0 saturated heterocycles. The second kappa shape index (κ2) is 8.67. The molecule has 1 aromatic carbocycles. The first kappa shape index (κ1) is 17.5. The molecule has 0 unspecified atom stereocenters. The van der Waals surface area contributed by atoms with Gasteiger partial charge in [-0.25, -0.2) is 9.97 Å². The molecule has 0 aliphatic heterocycles. The fraction of sp³-hybridized carbons (Fsp3) is 0.389. The molecule has 0 spiro atoms. The summed E-state index contributed by atoms with van der Waals surface area (Å²) in [5, 5.41) is 3.68. The van der Waals surface area contributed by atoms with Gasteiger partial charge in [-0.15, -0.1) is 0 Å². The number of nitrogens with one attached hydrogen (secondary N) is 1. The molecule has 1 aromatic heterocycles. The number of nitrogens with zero attached hydrogens (tertiary/aromatic N) is 2. The molecule has 4 nitrogen and oxygen atoms in total. The number of hydrogen-bond acceptors (Lipinski definition) is 4. The summed E-state index contributed by atoms with van der Waals surface area (Å²) in [6.07, 6.45) is 3.75. The number of carbonyl (C=O) groups is 1. The zero-order valence-corrected chi connectivity index (χ0v) is 14.7. The lowest BCUT2D eigenvalue weighted by Gasteiger charge is -2.07. The molecule has 122 valence electrons. The Kier molecular flexibility index (Phi) is 6.59. The van der Waals surface area contributed by atoms with E-state index >= 15 is 0 Å². The summed E-state index contributed by atoms with van der Waals surface area (Å²) < 4.78 is 0. The normalized spacial score (nSPS) is 10.6. The van der Waals surface area contributed by atoms with Crippen LogP contribution in [-0.2, 0) is 4.79 Å². The van der Waals surface area contributed by atoms with Gasteiger partial charge >= 0.3 is 0 Å². The molecule has 1 N–H and O–H groups in total. The van der Waals surface area contributed by atoms with E-state index in [9.17, 15) is 4.79 Å². The van der Waals surface area contributed by atoms with Crippen LogP contribution in [-0.4, -0.2) is 15.9 Å². The Morgan fingerprint density at radius 3 is 2.35 bits per heavy atom. The minimum Gasteiger partial charge on any atom is -0.326 e. The summed E-state index contributed by atoms with van der Waals surface area (Å²) in [4.78, 5) is 21.7. The minimum atomic E-state index is 0.0801. The van der Waals surface area contributed by atoms with E-state index in [4.69, 9.17) is 0 Å². The van der Waals surface area contributed by atoms with Crippen LogP contribution in [0.4, 0.5) is 5.69 Å². The number of amides is 1. The maximum absolute atomic E-state index is 11.8. The van der Waals surface area contributed by atoms with Gasteiger partial charge in [0.15, 0.2) is 5.16 Å². The molecule has 0 radical (unpaired) electrons. The molecule has 23 heavy (non-hydrogen) atoms. The van der Waals surface area contributed by atoms with Crippen molar-refractivity contribution in [1.29, 1.82) is 0 Å². The van der Waals surface area contributed by atoms with Crippen molar-refractivity contribution in [3.8, 4) is 0 Å². The van der Waals surface area contributed by atoms with E-state index < -0.39 is 0 Å². The Bertz CT molecular complexity index is 636. The fourth-order valence-electron chi connectivity index (χ4n) is 2.21. The highest BCUT2D eigenvalue weighted by molar-refractivity contribution is 7.99. The van der Waals surface area contributed by atoms with E-state index in [0.29, 0.717) is 6.42 Å². The minimum absolute atomic E-state index is 0.0801. The van der Waals surface area contributed by atoms with Crippen molar-refractivity contribution in [2.24, 2.45) is 0 Å². The number of anilines is 1. The molecule has 0 atom stereocenters. The summed E-state index contributed by atoms with van der Waals surface area (Å²) in [5.74, 6) is 0.0801. The van der Waals surface area contributed by atoms with E-state index in [0.717, 1.165) is 46.4 Å². The van der Waals surface area contributed by atoms with Gasteiger partial charge in [-0.2, -0.15) is 0 Å². The summed E-state index contributed by atoms with van der Waals surface area (Å²) in [6, 6.07) is 9.76. The number of aromatic nitrogens is 2. The van der Waals surface area contributed by atoms with E-state index in [1.807, 2.05) is 44.2 Å². The molecule has 2 rings (SSSR count). The molecule has 0 aliphatic carbocycles. The number of hydrogen-bond donors (Lipinski definition) is 1. The second-order valence-corrected chi connectivity index (χ2v) is 6.61. The third-order valence-electron chi connectivity index (χ3n) is 3.32. The Morgan fingerprint density at radius 1 is 1.09 bits per heavy atom. The molecule has 1 amide bonds. The number of rotatable bonds is 7. The van der Waals surface area contributed by atoms with Crippen molar-refractivity contribution in [3.63, 3.8) is 0 Å². The Labute approximate surface area is 142 Å². The standard InChI is InChI=1S/C18H23N3OS/c1-4-5-6-7-17(22)21-15-8-10-16(11-9-15)23-18-19-13(2)12-14(3)20-18/h8-12H,4-7H2,1-3H3,(H,21,22). The zero-order valence-electron chi connectivity index (χ0n) is 13.9. The molecular weight excluding hydrogens is 306 g/mol. The van der Waals surface area contributed by atoms with Gasteiger partial charge in [-0.05, 0) is 62.4 Å². The van der Waals surface area contributed by atoms with Gasteiger partial charge in [0.1, 0.15) is 0 Å². The molecule has 0 aliphatic rings. The largest absolute Gasteiger partial charge is 0.326 e. The van der Waals surface area contributed by atoms with Crippen molar-refractivity contribution < 1.29 is 4.79 Å². The van der Waals surface area contributed by atoms with Crippen LogP contribution in [0.25, 0.3) is 0 Å². The van der Waals surface area contributed by atoms with E-state index in [2.05, 4.69) is 22.2 Å². The highest BCUT2D eigenvalue weighted by Gasteiger charge is 2.05. The van der Waals surface area contributed by atoms with E-state index in [-0.39, 0.29) is 5.91 Å². The van der Waals surface area contributed by atoms with Crippen LogP contribution in [0, 0.1) is 13.8 Å². The Balaban J connectivity index is 1.92. The molecule has 0 bridgehead atoms. The quantitative estimate of drug-likeness (QED) is 0.587. The second-order valence-electron chi connectivity index (χ2n) is 5.57. The maximum atomic E-state index is 11.8. The van der Waals surface area contributed by atoms with Crippen molar-refractivity contribution in [2.45, 2.75) is 56.5 Å². The van der Waals surface area contributed by atoms with Crippen LogP contribution in [0.3, 0.4) is 0 Å². The maximum Gasteiger partial charge on any atom is 0.224 e. The molecule has 0 fully saturated rings. The van der Waals surface area contributed by atoms with Gasteiger partial charge < -0.3 is 5.32 Å². The van der Waals surface area contributed by atoms with Crippen molar-refractivity contribution in [1.82, 2.24) is 9.97 Å².